The van der Waals surface area contributed by atoms with Crippen molar-refractivity contribution in [1.29, 1.82) is 0 Å². The number of carbonyl (C=O) groups is 1. The van der Waals surface area contributed by atoms with Crippen LogP contribution in [0.3, 0.4) is 0 Å². The third-order valence-corrected chi connectivity index (χ3v) is 5.97. The number of benzene rings is 2. The van der Waals surface area contributed by atoms with Gasteiger partial charge in [0.25, 0.3) is 5.88 Å². The molecule has 1 atom stereocenters. The smallest absolute Gasteiger partial charge is 0.329 e. The first-order valence-electron chi connectivity index (χ1n) is 11.3. The fraction of sp³-hybridized carbons (Fsp3) is 0.308. The molecule has 0 saturated carbocycles. The van der Waals surface area contributed by atoms with Gasteiger partial charge in [0.1, 0.15) is 11.8 Å². The first-order valence-corrected chi connectivity index (χ1v) is 11.3. The average Bonchev–Trinajstić information content (AvgIpc) is 2.85. The summed E-state index contributed by atoms with van der Waals surface area (Å²) >= 11 is 0. The van der Waals surface area contributed by atoms with E-state index in [-0.39, 0.29) is 11.7 Å². The lowest BCUT2D eigenvalue weighted by atomic mass is 10.0. The van der Waals surface area contributed by atoms with Crippen molar-refractivity contribution in [2.24, 2.45) is 5.73 Å². The van der Waals surface area contributed by atoms with E-state index in [0.29, 0.717) is 31.9 Å². The number of ether oxygens (including phenoxy) is 2. The number of nitrogens with two attached hydrogens (primary N) is 1. The van der Waals surface area contributed by atoms with Crippen molar-refractivity contribution < 1.29 is 23.0 Å². The Bertz CT molecular complexity index is 1240. The highest BCUT2D eigenvalue weighted by Crippen LogP contribution is 2.33. The van der Waals surface area contributed by atoms with Gasteiger partial charge in [0.15, 0.2) is 17.5 Å². The van der Waals surface area contributed by atoms with Gasteiger partial charge in [0.2, 0.25) is 0 Å². The Morgan fingerprint density at radius 3 is 2.66 bits per heavy atom. The third kappa shape index (κ3) is 5.41. The molecule has 0 radical (unpaired) electrons. The molecule has 7 nitrogen and oxygen atoms in total. The fourth-order valence-electron chi connectivity index (χ4n) is 4.19. The van der Waals surface area contributed by atoms with Crippen LogP contribution in [0.5, 0.6) is 11.6 Å². The highest BCUT2D eigenvalue weighted by molar-refractivity contribution is 5.80. The number of aryl methyl sites for hydroxylation is 1. The number of hydrogen-bond acceptors (Lipinski definition) is 7. The number of nitrogens with zero attached hydrogens (tertiary/aromatic N) is 3. The Morgan fingerprint density at radius 2 is 1.91 bits per heavy atom. The number of likely N-dealkylation sites (N-methyl/N-ethyl adjacent to an activating group) is 1. The number of aromatic nitrogens is 1. The Hall–Kier alpha value is -3.56. The maximum atomic E-state index is 14.8. The largest absolute Gasteiger partial charge is 0.467 e. The van der Waals surface area contributed by atoms with Gasteiger partial charge < -0.3 is 25.0 Å². The van der Waals surface area contributed by atoms with Gasteiger partial charge in [-0.15, -0.1) is 0 Å². The monoisotopic (exact) mass is 482 g/mol. The highest BCUT2D eigenvalue weighted by atomic mass is 19.1. The lowest BCUT2D eigenvalue weighted by Gasteiger charge is -2.39. The predicted molar refractivity (Wildman–Crippen MR) is 129 cm³/mol. The van der Waals surface area contributed by atoms with E-state index in [1.165, 1.54) is 12.0 Å². The predicted octanol–water partition coefficient (Wildman–Crippen LogP) is 3.88. The molecule has 1 aliphatic rings. The molecule has 0 aliphatic carbocycles. The van der Waals surface area contributed by atoms with Crippen molar-refractivity contribution in [3.63, 3.8) is 0 Å². The summed E-state index contributed by atoms with van der Waals surface area (Å²) in [5.74, 6) is -2.53. The number of rotatable bonds is 6. The van der Waals surface area contributed by atoms with E-state index >= 15 is 0 Å². The normalized spacial score (nSPS) is 16.3. The standard InChI is InChI=1S/C26H28F2N4O3/c1-16-9-19(18-6-4-5-17(11-18)14-29)12-20(10-16)35-25-22(28)13-21(27)24(30-25)32-8-7-31(2)15-23(32)26(33)34-3/h4-6,9-13,23H,7-8,14-15,29H2,1-3H3. The molecular formula is C26H28F2N4O3. The molecule has 2 heterocycles. The van der Waals surface area contributed by atoms with Crippen molar-refractivity contribution in [2.75, 3.05) is 38.7 Å². The molecule has 0 spiro atoms. The third-order valence-electron chi connectivity index (χ3n) is 5.97. The van der Waals surface area contributed by atoms with E-state index in [9.17, 15) is 13.6 Å². The minimum atomic E-state index is -0.941. The fourth-order valence-corrected chi connectivity index (χ4v) is 4.19. The molecule has 0 bridgehead atoms. The number of piperazine rings is 1. The molecule has 1 aromatic heterocycles. The summed E-state index contributed by atoms with van der Waals surface area (Å²) in [6, 6.07) is 13.2. The molecule has 1 saturated heterocycles. The van der Waals surface area contributed by atoms with E-state index in [1.807, 2.05) is 49.2 Å². The lowest BCUT2D eigenvalue weighted by molar-refractivity contribution is -0.143. The number of anilines is 1. The number of methoxy groups -OCH3 is 1. The summed E-state index contributed by atoms with van der Waals surface area (Å²) in [7, 11) is 3.13. The second-order valence-corrected chi connectivity index (χ2v) is 8.62. The van der Waals surface area contributed by atoms with Crippen LogP contribution < -0.4 is 15.4 Å². The van der Waals surface area contributed by atoms with Crippen molar-refractivity contribution in [3.8, 4) is 22.8 Å². The maximum absolute atomic E-state index is 14.8. The van der Waals surface area contributed by atoms with E-state index < -0.39 is 23.6 Å². The van der Waals surface area contributed by atoms with Crippen LogP contribution >= 0.6 is 0 Å². The van der Waals surface area contributed by atoms with Gasteiger partial charge in [-0.1, -0.05) is 24.3 Å². The maximum Gasteiger partial charge on any atom is 0.329 e. The first-order chi connectivity index (χ1) is 16.8. The number of halogens is 2. The molecule has 184 valence electrons. The molecule has 3 aromatic rings. The molecule has 0 amide bonds. The minimum Gasteiger partial charge on any atom is -0.467 e. The van der Waals surface area contributed by atoms with Crippen molar-refractivity contribution in [1.82, 2.24) is 9.88 Å². The summed E-state index contributed by atoms with van der Waals surface area (Å²) in [5, 5.41) is 0. The quantitative estimate of drug-likeness (QED) is 0.534. The van der Waals surface area contributed by atoms with Crippen LogP contribution in [-0.4, -0.2) is 55.7 Å². The van der Waals surface area contributed by atoms with Gasteiger partial charge >= 0.3 is 5.97 Å². The lowest BCUT2D eigenvalue weighted by Crippen LogP contribution is -2.56. The van der Waals surface area contributed by atoms with Crippen molar-refractivity contribution in [3.05, 3.63) is 71.3 Å². The summed E-state index contributed by atoms with van der Waals surface area (Å²) in [5.41, 5.74) is 9.44. The highest BCUT2D eigenvalue weighted by Gasteiger charge is 2.35. The average molecular weight is 483 g/mol. The van der Waals surface area contributed by atoms with Crippen LogP contribution in [0, 0.1) is 18.6 Å². The Morgan fingerprint density at radius 1 is 1.11 bits per heavy atom. The van der Waals surface area contributed by atoms with Crippen LogP contribution in [0.2, 0.25) is 0 Å². The number of esters is 1. The van der Waals surface area contributed by atoms with Gasteiger partial charge in [0, 0.05) is 32.2 Å². The Labute approximate surface area is 203 Å². The van der Waals surface area contributed by atoms with E-state index in [1.54, 1.807) is 12.1 Å². The zero-order chi connectivity index (χ0) is 25.1. The van der Waals surface area contributed by atoms with Crippen molar-refractivity contribution >= 4 is 11.8 Å². The van der Waals surface area contributed by atoms with Gasteiger partial charge in [-0.2, -0.15) is 4.98 Å². The van der Waals surface area contributed by atoms with Gasteiger partial charge in [0.05, 0.1) is 7.11 Å². The SMILES string of the molecule is COC(=O)C1CN(C)CCN1c1nc(Oc2cc(C)cc(-c3cccc(CN)c3)c2)c(F)cc1F. The zero-order valence-corrected chi connectivity index (χ0v) is 19.9. The molecule has 2 aromatic carbocycles. The topological polar surface area (TPSA) is 80.9 Å². The second-order valence-electron chi connectivity index (χ2n) is 8.62. The number of pyridine rings is 1. The van der Waals surface area contributed by atoms with Crippen LogP contribution in [0.15, 0.2) is 48.5 Å². The van der Waals surface area contributed by atoms with Gasteiger partial charge in [-0.05, 0) is 54.4 Å². The molecule has 1 aliphatic heterocycles. The summed E-state index contributed by atoms with van der Waals surface area (Å²) < 4.78 is 40.3. The molecular weight excluding hydrogens is 454 g/mol. The van der Waals surface area contributed by atoms with Gasteiger partial charge in [-0.3, -0.25) is 0 Å². The molecule has 1 fully saturated rings. The minimum absolute atomic E-state index is 0.159. The Balaban J connectivity index is 1.68. The molecule has 1 unspecified atom stereocenters. The summed E-state index contributed by atoms with van der Waals surface area (Å²) in [4.78, 5) is 19.9. The number of hydrogen-bond donors (Lipinski definition) is 1. The van der Waals surface area contributed by atoms with Crippen LogP contribution in [0.25, 0.3) is 11.1 Å². The van der Waals surface area contributed by atoms with Crippen LogP contribution in [-0.2, 0) is 16.1 Å². The second kappa shape index (κ2) is 10.4. The van der Waals surface area contributed by atoms with Crippen LogP contribution in [0.4, 0.5) is 14.6 Å². The number of carbonyl (C=O) groups excluding carboxylic acids is 1. The summed E-state index contributed by atoms with van der Waals surface area (Å²) in [6.07, 6.45) is 0. The molecule has 2 N–H and O–H groups in total. The van der Waals surface area contributed by atoms with E-state index in [4.69, 9.17) is 15.2 Å². The zero-order valence-electron chi connectivity index (χ0n) is 19.9. The van der Waals surface area contributed by atoms with Gasteiger partial charge in [-0.25, -0.2) is 13.6 Å². The van der Waals surface area contributed by atoms with Crippen LogP contribution in [0.1, 0.15) is 11.1 Å². The Kier molecular flexibility index (Phi) is 7.28. The first kappa shape index (κ1) is 24.6. The van der Waals surface area contributed by atoms with E-state index in [0.717, 1.165) is 28.3 Å². The van der Waals surface area contributed by atoms with E-state index in [2.05, 4.69) is 4.98 Å². The molecule has 4 rings (SSSR count). The van der Waals surface area contributed by atoms with Crippen molar-refractivity contribution in [2.45, 2.75) is 19.5 Å². The molecule has 9 heteroatoms. The molecule has 35 heavy (non-hydrogen) atoms. The summed E-state index contributed by atoms with van der Waals surface area (Å²) in [6.45, 7) is 3.52.